The molecule has 0 aliphatic carbocycles. The van der Waals surface area contributed by atoms with Crippen LogP contribution in [0.1, 0.15) is 19.4 Å². The van der Waals surface area contributed by atoms with E-state index in [9.17, 15) is 0 Å². The zero-order valence-corrected chi connectivity index (χ0v) is 17.2. The highest BCUT2D eigenvalue weighted by atomic mass is 35.5. The zero-order valence-electron chi connectivity index (χ0n) is 15.6. The Balaban J connectivity index is 0.00000243. The number of rotatable bonds is 7. The molecule has 0 unspecified atom stereocenters. The molecule has 0 amide bonds. The van der Waals surface area contributed by atoms with E-state index in [2.05, 4.69) is 110 Å². The minimum Gasteiger partial charge on any atom is -1.00 e. The van der Waals surface area contributed by atoms with Crippen LogP contribution < -0.4 is 23.0 Å². The van der Waals surface area contributed by atoms with Gasteiger partial charge in [0.15, 0.2) is 7.41 Å². The van der Waals surface area contributed by atoms with Crippen LogP contribution in [-0.4, -0.2) is 17.8 Å². The molecule has 0 aromatic heterocycles. The van der Waals surface area contributed by atoms with Crippen LogP contribution in [0, 0.1) is 0 Å². The van der Waals surface area contributed by atoms with Gasteiger partial charge in [0.05, 0.1) is 0 Å². The van der Waals surface area contributed by atoms with Gasteiger partial charge in [-0.15, -0.1) is 0 Å². The zero-order chi connectivity index (χ0) is 17.5. The van der Waals surface area contributed by atoms with Crippen molar-refractivity contribution in [1.29, 1.82) is 0 Å². The van der Waals surface area contributed by atoms with Gasteiger partial charge in [-0.2, -0.15) is 4.67 Å². The Labute approximate surface area is 164 Å². The molecule has 26 heavy (non-hydrogen) atoms. The van der Waals surface area contributed by atoms with Crippen molar-refractivity contribution in [2.45, 2.75) is 20.0 Å². The van der Waals surface area contributed by atoms with E-state index >= 15 is 0 Å². The topological polar surface area (TPSA) is 3.24 Å². The summed E-state index contributed by atoms with van der Waals surface area (Å²) in [5, 5.41) is 2.93. The lowest BCUT2D eigenvalue weighted by molar-refractivity contribution is -0.00000520. The van der Waals surface area contributed by atoms with Gasteiger partial charge in [-0.05, 0) is 43.7 Å². The van der Waals surface area contributed by atoms with Crippen LogP contribution in [0.25, 0.3) is 0 Å². The number of benzene rings is 3. The molecule has 0 radical (unpaired) electrons. The first-order valence-electron chi connectivity index (χ1n) is 9.10. The van der Waals surface area contributed by atoms with Crippen LogP contribution >= 0.6 is 7.41 Å². The third kappa shape index (κ3) is 4.18. The largest absolute Gasteiger partial charge is 1.00 e. The summed E-state index contributed by atoms with van der Waals surface area (Å²) in [5.41, 5.74) is 1.41. The molecule has 3 rings (SSSR count). The average molecular weight is 384 g/mol. The predicted molar refractivity (Wildman–Crippen MR) is 112 cm³/mol. The lowest BCUT2D eigenvalue weighted by Gasteiger charge is -2.36. The Morgan fingerprint density at radius 1 is 0.615 bits per heavy atom. The molecule has 3 heteroatoms. The normalized spacial score (nSPS) is 11.2. The second-order valence-corrected chi connectivity index (χ2v) is 9.68. The van der Waals surface area contributed by atoms with Crippen molar-refractivity contribution in [3.63, 3.8) is 0 Å². The monoisotopic (exact) mass is 383 g/mol. The van der Waals surface area contributed by atoms with Gasteiger partial charge < -0.3 is 12.4 Å². The molecular formula is C23H27ClNP. The molecular weight excluding hydrogens is 357 g/mol. The maximum Gasteiger partial charge on any atom is 0.153 e. The van der Waals surface area contributed by atoms with Crippen molar-refractivity contribution in [2.24, 2.45) is 0 Å². The van der Waals surface area contributed by atoms with E-state index in [4.69, 9.17) is 0 Å². The molecule has 136 valence electrons. The highest BCUT2D eigenvalue weighted by Gasteiger charge is 2.47. The summed E-state index contributed by atoms with van der Waals surface area (Å²) in [7, 11) is -1.70. The molecule has 0 saturated carbocycles. The molecule has 0 atom stereocenters. The van der Waals surface area contributed by atoms with Crippen molar-refractivity contribution < 1.29 is 12.4 Å². The van der Waals surface area contributed by atoms with Crippen LogP contribution in [0.15, 0.2) is 91.0 Å². The van der Waals surface area contributed by atoms with Gasteiger partial charge in [0, 0.05) is 13.1 Å². The first-order valence-corrected chi connectivity index (χ1v) is 11.0. The molecule has 0 aliphatic rings. The van der Waals surface area contributed by atoms with Crippen molar-refractivity contribution in [1.82, 2.24) is 4.67 Å². The summed E-state index contributed by atoms with van der Waals surface area (Å²) >= 11 is 0. The van der Waals surface area contributed by atoms with E-state index in [0.717, 1.165) is 19.3 Å². The Morgan fingerprint density at radius 3 is 1.38 bits per heavy atom. The molecule has 0 bridgehead atoms. The van der Waals surface area contributed by atoms with Gasteiger partial charge in [0.1, 0.15) is 16.8 Å². The third-order valence-corrected chi connectivity index (χ3v) is 9.49. The van der Waals surface area contributed by atoms with E-state index in [1.54, 1.807) is 0 Å². The van der Waals surface area contributed by atoms with Gasteiger partial charge in [-0.3, -0.25) is 0 Å². The lowest BCUT2D eigenvalue weighted by Crippen LogP contribution is -3.00. The van der Waals surface area contributed by atoms with E-state index in [1.165, 1.54) is 16.2 Å². The molecule has 0 saturated heterocycles. The average Bonchev–Trinajstić information content (AvgIpc) is 2.70. The highest BCUT2D eigenvalue weighted by molar-refractivity contribution is 7.86. The van der Waals surface area contributed by atoms with E-state index in [0.29, 0.717) is 0 Å². The van der Waals surface area contributed by atoms with Gasteiger partial charge in [-0.1, -0.05) is 66.7 Å². The van der Waals surface area contributed by atoms with Gasteiger partial charge >= 0.3 is 0 Å². The maximum absolute atomic E-state index is 2.70. The Bertz CT molecular complexity index is 718. The summed E-state index contributed by atoms with van der Waals surface area (Å²) in [4.78, 5) is 0. The molecule has 0 spiro atoms. The van der Waals surface area contributed by atoms with Gasteiger partial charge in [-0.25, -0.2) is 0 Å². The number of hydrogen-bond acceptors (Lipinski definition) is 1. The van der Waals surface area contributed by atoms with Gasteiger partial charge in [0.2, 0.25) is 0 Å². The van der Waals surface area contributed by atoms with E-state index in [1.807, 2.05) is 0 Å². The fraction of sp³-hybridized carbons (Fsp3) is 0.217. The van der Waals surface area contributed by atoms with Gasteiger partial charge in [0.25, 0.3) is 0 Å². The van der Waals surface area contributed by atoms with Crippen LogP contribution in [0.3, 0.4) is 0 Å². The minimum atomic E-state index is -1.70. The number of nitrogens with zero attached hydrogens (tertiary/aromatic N) is 1. The number of halogens is 1. The van der Waals surface area contributed by atoms with E-state index in [-0.39, 0.29) is 12.4 Å². The van der Waals surface area contributed by atoms with E-state index < -0.39 is 7.41 Å². The Morgan fingerprint density at radius 2 is 1.00 bits per heavy atom. The second-order valence-electron chi connectivity index (χ2n) is 6.22. The molecule has 3 aromatic carbocycles. The van der Waals surface area contributed by atoms with Crippen LogP contribution in [0.2, 0.25) is 0 Å². The highest BCUT2D eigenvalue weighted by Crippen LogP contribution is 2.62. The van der Waals surface area contributed by atoms with Crippen molar-refractivity contribution in [3.05, 3.63) is 96.6 Å². The molecule has 0 N–H and O–H groups in total. The standard InChI is InChI=1S/C23H27NP.ClH/c1-3-24(4-2)25(22-16-10-6-11-17-22,23-18-12-7-13-19-23)20-21-14-8-5-9-15-21;/h5-19H,3-4,20H2,1-2H3;1H/q+1;/p-1. The van der Waals surface area contributed by atoms with Crippen LogP contribution in [0.5, 0.6) is 0 Å². The maximum atomic E-state index is 2.70. The third-order valence-electron chi connectivity index (χ3n) is 4.83. The summed E-state index contributed by atoms with van der Waals surface area (Å²) < 4.78 is 2.70. The summed E-state index contributed by atoms with van der Waals surface area (Å²) in [5.74, 6) is 0. The first-order chi connectivity index (χ1) is 12.3. The predicted octanol–water partition coefficient (Wildman–Crippen LogP) is 2.12. The summed E-state index contributed by atoms with van der Waals surface area (Å²) in [6.45, 7) is 6.69. The molecule has 1 nitrogen and oxygen atoms in total. The molecule has 0 fully saturated rings. The van der Waals surface area contributed by atoms with Crippen molar-refractivity contribution in [3.8, 4) is 0 Å². The SMILES string of the molecule is CCN(CC)[P+](Cc1ccccc1)(c1ccccc1)c1ccccc1.[Cl-]. The van der Waals surface area contributed by atoms with Crippen molar-refractivity contribution >= 4 is 18.0 Å². The number of hydrogen-bond donors (Lipinski definition) is 0. The van der Waals surface area contributed by atoms with Crippen LogP contribution in [-0.2, 0) is 6.16 Å². The Kier molecular flexibility index (Phi) is 7.85. The second kappa shape index (κ2) is 9.88. The Hall–Kier alpha value is -1.66. The first kappa shape index (κ1) is 20.6. The molecule has 0 heterocycles. The minimum absolute atomic E-state index is 0. The molecule has 0 aliphatic heterocycles. The van der Waals surface area contributed by atoms with Crippen LogP contribution in [0.4, 0.5) is 0 Å². The fourth-order valence-electron chi connectivity index (χ4n) is 3.66. The smallest absolute Gasteiger partial charge is 0.153 e. The quantitative estimate of drug-likeness (QED) is 0.565. The fourth-order valence-corrected chi connectivity index (χ4v) is 8.21. The summed E-state index contributed by atoms with van der Waals surface area (Å²) in [6, 6.07) is 33.2. The lowest BCUT2D eigenvalue weighted by atomic mass is 10.2. The summed E-state index contributed by atoms with van der Waals surface area (Å²) in [6.07, 6.45) is 1.07. The molecule has 3 aromatic rings. The van der Waals surface area contributed by atoms with Crippen molar-refractivity contribution in [2.75, 3.05) is 13.1 Å².